The minimum atomic E-state index is -0.0344. The SMILES string of the molecule is CC(C)Cn1c(-c2ccc(CO)c(OC3CCCC3)c2)nc(-c2ccccc2)c1-c1ccccc1.COc1cc(-c2nc(-c3ccccc3)c(-c3ccccc3)n2Cc2ccccc2)ccc1OC1CCCCC1.OCc1ccc(-c2nc(-c3ccccc3)c(-c3ccccc3)n2C2CC2)cc1OC1CCCC1.OCc1ccc(-c2nc(-c3ccccc3)c(-c3ccccc3)n2C2CC2)cc1OC1CCCCC1. The van der Waals surface area contributed by atoms with Gasteiger partial charge in [-0.3, -0.25) is 0 Å². The number of ether oxygens (including phenoxy) is 5. The van der Waals surface area contributed by atoms with Crippen LogP contribution in [0.4, 0.5) is 0 Å². The molecule has 0 unspecified atom stereocenters. The Morgan fingerprint density at radius 3 is 0.832 bits per heavy atom. The number of aliphatic hydroxyl groups excluding tert-OH is 3. The summed E-state index contributed by atoms with van der Waals surface area (Å²) in [6.07, 6.45) is 26.6. The second-order valence-electron chi connectivity index (χ2n) is 39.3. The number of benzene rings is 13. The van der Waals surface area contributed by atoms with E-state index in [-0.39, 0.29) is 44.2 Å². The fraction of sp³-hybridized carbons (Fsp3) is 0.291. The number of imidazole rings is 4. The monoisotopic (exact) mass is 1900 g/mol. The zero-order chi connectivity index (χ0) is 97.2. The first-order chi connectivity index (χ1) is 70.6. The number of nitrogens with zero attached hydrogens (tertiary/aromatic N) is 8. The van der Waals surface area contributed by atoms with Crippen molar-refractivity contribution < 1.29 is 39.0 Å². The molecule has 0 saturated heterocycles. The topological polar surface area (TPSA) is 178 Å². The molecule has 6 aliphatic carbocycles. The summed E-state index contributed by atoms with van der Waals surface area (Å²) in [6, 6.07) is 120. The molecule has 6 aliphatic rings. The normalized spacial score (nSPS) is 15.0. The summed E-state index contributed by atoms with van der Waals surface area (Å²) in [5.41, 5.74) is 25.5. The van der Waals surface area contributed by atoms with E-state index >= 15 is 0 Å². The van der Waals surface area contributed by atoms with Gasteiger partial charge >= 0.3 is 0 Å². The average Bonchev–Trinajstić information content (AvgIpc) is 1.70. The van der Waals surface area contributed by atoms with Gasteiger partial charge in [-0.2, -0.15) is 0 Å². The fourth-order valence-electron chi connectivity index (χ4n) is 21.0. The molecule has 16 heteroatoms. The maximum atomic E-state index is 10.0. The molecule has 4 aromatic heterocycles. The number of hydrogen-bond acceptors (Lipinski definition) is 12. The molecule has 0 atom stereocenters. The van der Waals surface area contributed by atoms with Crippen LogP contribution in [-0.2, 0) is 32.9 Å². The zero-order valence-electron chi connectivity index (χ0n) is 82.5. The van der Waals surface area contributed by atoms with Gasteiger partial charge in [-0.1, -0.05) is 336 Å². The molecule has 23 rings (SSSR count). The Kier molecular flexibility index (Phi) is 31.0. The van der Waals surface area contributed by atoms with Crippen molar-refractivity contribution in [3.05, 3.63) is 368 Å². The summed E-state index contributed by atoms with van der Waals surface area (Å²) in [7, 11) is 1.72. The molecule has 17 aromatic rings. The Hall–Kier alpha value is -14.4. The molecule has 13 aromatic carbocycles. The van der Waals surface area contributed by atoms with Crippen LogP contribution in [0.5, 0.6) is 28.7 Å². The first-order valence-electron chi connectivity index (χ1n) is 52.1. The Morgan fingerprint density at radius 2 is 0.517 bits per heavy atom. The van der Waals surface area contributed by atoms with Crippen LogP contribution in [0.15, 0.2) is 346 Å². The van der Waals surface area contributed by atoms with Gasteiger partial charge in [0.05, 0.1) is 96.9 Å². The van der Waals surface area contributed by atoms with Gasteiger partial charge in [0.2, 0.25) is 0 Å². The van der Waals surface area contributed by atoms with Gasteiger partial charge in [-0.15, -0.1) is 0 Å². The van der Waals surface area contributed by atoms with Crippen LogP contribution in [-0.4, -0.2) is 85.0 Å². The van der Waals surface area contributed by atoms with E-state index < -0.39 is 0 Å². The molecule has 6 saturated carbocycles. The van der Waals surface area contributed by atoms with Crippen molar-refractivity contribution in [3.8, 4) is 164 Å². The molecule has 726 valence electrons. The van der Waals surface area contributed by atoms with Crippen molar-refractivity contribution in [3.63, 3.8) is 0 Å². The summed E-state index contributed by atoms with van der Waals surface area (Å²) in [5.74, 6) is 8.14. The highest BCUT2D eigenvalue weighted by atomic mass is 16.5. The molecule has 0 amide bonds. The van der Waals surface area contributed by atoms with Gasteiger partial charge < -0.3 is 57.3 Å². The highest BCUT2D eigenvalue weighted by Gasteiger charge is 2.36. The van der Waals surface area contributed by atoms with E-state index in [0.717, 1.165) is 242 Å². The number of aliphatic hydroxyl groups is 3. The van der Waals surface area contributed by atoms with E-state index in [2.05, 4.69) is 335 Å². The number of methoxy groups -OCH3 is 1. The molecule has 4 heterocycles. The molecule has 6 fully saturated rings. The average molecular weight is 1900 g/mol. The minimum Gasteiger partial charge on any atom is -0.493 e. The van der Waals surface area contributed by atoms with Crippen LogP contribution in [0.3, 0.4) is 0 Å². The molecular weight excluding hydrogens is 1770 g/mol. The first kappa shape index (κ1) is 96.1. The van der Waals surface area contributed by atoms with Gasteiger partial charge in [-0.25, -0.2) is 19.9 Å². The summed E-state index contributed by atoms with van der Waals surface area (Å²) in [6.45, 7) is 5.94. The van der Waals surface area contributed by atoms with Crippen molar-refractivity contribution in [2.24, 2.45) is 5.92 Å². The number of hydrogen-bond donors (Lipinski definition) is 3. The standard InChI is InChI=1S/C35H34N2O2.C31H32N2O2.C31H34N2O2.C30H30N2O2/c1-38-32-24-29(22-23-31(32)39-30-20-12-5-13-21-30)35-36-33(27-16-8-3-9-17-27)34(28-18-10-4-11-19-28)37(35)25-26-14-6-2-7-15-26;34-21-25-17-16-24(20-28(25)35-27-14-8-3-9-15-27)31-32-29(22-10-4-1-5-11-22)30(33(31)26-18-19-26)23-12-6-2-7-13-23;1-22(2)20-33-30(24-13-7-4-8-14-24)29(23-11-5-3-6-12-23)32-31(33)25-17-18-26(21-34)28(19-25)35-27-15-9-10-16-27;33-20-24-16-15-23(19-27(24)34-26-13-7-8-14-26)30-31-28(21-9-3-1-4-10-21)29(32(30)25-17-18-25)22-11-5-2-6-12-22/h2-4,6-11,14-19,22-24,30H,5,12-13,20-21,25H2,1H3;1-2,4-7,10-13,16-17,20,26-27,34H,3,8-9,14-15,18-19,21H2;3-8,11-14,17-19,22,27,34H,9-10,15-16,20-21H2,1-2H3;1-6,9-12,15-16,19,25-26,33H,7-8,13-14,17-18,20H2. The van der Waals surface area contributed by atoms with Crippen molar-refractivity contribution >= 4 is 0 Å². The molecule has 16 nitrogen and oxygen atoms in total. The van der Waals surface area contributed by atoms with Crippen LogP contribution in [0.25, 0.3) is 136 Å². The van der Waals surface area contributed by atoms with Crippen LogP contribution in [0, 0.1) is 5.92 Å². The first-order valence-corrected chi connectivity index (χ1v) is 52.1. The smallest absolute Gasteiger partial charge is 0.161 e. The predicted octanol–water partition coefficient (Wildman–Crippen LogP) is 30.5. The largest absolute Gasteiger partial charge is 0.493 e. The maximum Gasteiger partial charge on any atom is 0.161 e. The minimum absolute atomic E-state index is 0.0239. The second kappa shape index (κ2) is 46.1. The number of aromatic nitrogens is 8. The zero-order valence-corrected chi connectivity index (χ0v) is 82.5. The maximum absolute atomic E-state index is 10.0. The molecule has 0 spiro atoms. The van der Waals surface area contributed by atoms with Crippen molar-refractivity contribution in [2.75, 3.05) is 7.11 Å². The molecule has 3 N–H and O–H groups in total. The van der Waals surface area contributed by atoms with Crippen LogP contribution in [0.2, 0.25) is 0 Å². The van der Waals surface area contributed by atoms with E-state index in [0.29, 0.717) is 24.5 Å². The third kappa shape index (κ3) is 22.7. The van der Waals surface area contributed by atoms with Crippen LogP contribution < -0.4 is 23.7 Å². The van der Waals surface area contributed by atoms with E-state index in [1.807, 2.05) is 42.5 Å². The lowest BCUT2D eigenvalue weighted by Crippen LogP contribution is -2.20. The van der Waals surface area contributed by atoms with Gasteiger partial charge in [0.15, 0.2) is 11.5 Å². The molecule has 143 heavy (non-hydrogen) atoms. The summed E-state index contributed by atoms with van der Waals surface area (Å²) >= 11 is 0. The molecule has 0 radical (unpaired) electrons. The van der Waals surface area contributed by atoms with E-state index in [9.17, 15) is 15.3 Å². The lowest BCUT2D eigenvalue weighted by molar-refractivity contribution is 0.149. The lowest BCUT2D eigenvalue weighted by atomic mass is 9.97. The summed E-state index contributed by atoms with van der Waals surface area (Å²) < 4.78 is 41.1. The van der Waals surface area contributed by atoms with Crippen molar-refractivity contribution in [2.45, 2.75) is 225 Å². The highest BCUT2D eigenvalue weighted by molar-refractivity contribution is 5.87. The molecule has 0 aliphatic heterocycles. The van der Waals surface area contributed by atoms with E-state index in [1.165, 1.54) is 92.3 Å². The molecule has 0 bridgehead atoms. The number of rotatable bonds is 30. The van der Waals surface area contributed by atoms with Gasteiger partial charge in [0, 0.05) is 109 Å². The Balaban J connectivity index is 0.000000117. The van der Waals surface area contributed by atoms with Crippen LogP contribution in [0.1, 0.15) is 189 Å². The predicted molar refractivity (Wildman–Crippen MR) is 576 cm³/mol. The second-order valence-corrected chi connectivity index (χ2v) is 39.3. The fourth-order valence-corrected chi connectivity index (χ4v) is 21.0. The van der Waals surface area contributed by atoms with Gasteiger partial charge in [0.1, 0.15) is 40.5 Å². The Labute approximate surface area is 841 Å². The Bertz CT molecular complexity index is 7000. The van der Waals surface area contributed by atoms with Gasteiger partial charge in [-0.05, 0) is 176 Å². The van der Waals surface area contributed by atoms with Crippen molar-refractivity contribution in [1.29, 1.82) is 0 Å². The quantitative estimate of drug-likeness (QED) is 0.0389. The summed E-state index contributed by atoms with van der Waals surface area (Å²) in [4.78, 5) is 21.1. The molecular formula is C127H130N8O8. The third-order valence-corrected chi connectivity index (χ3v) is 28.5. The van der Waals surface area contributed by atoms with Crippen molar-refractivity contribution in [1.82, 2.24) is 38.2 Å². The highest BCUT2D eigenvalue weighted by Crippen LogP contribution is 2.51. The van der Waals surface area contributed by atoms with E-state index in [4.69, 9.17) is 43.6 Å². The lowest BCUT2D eigenvalue weighted by Gasteiger charge is -2.24. The van der Waals surface area contributed by atoms with Crippen LogP contribution >= 0.6 is 0 Å². The van der Waals surface area contributed by atoms with E-state index in [1.54, 1.807) is 7.11 Å². The third-order valence-electron chi connectivity index (χ3n) is 28.5. The Morgan fingerprint density at radius 1 is 0.259 bits per heavy atom. The van der Waals surface area contributed by atoms with Gasteiger partial charge in [0.25, 0.3) is 0 Å². The summed E-state index contributed by atoms with van der Waals surface area (Å²) in [5, 5.41) is 29.9.